The first kappa shape index (κ1) is 19.5. The number of ether oxygens (including phenoxy) is 1. The number of nitrogens with zero attached hydrogens (tertiary/aromatic N) is 2. The van der Waals surface area contributed by atoms with E-state index in [1.165, 1.54) is 10.8 Å². The lowest BCUT2D eigenvalue weighted by Gasteiger charge is -2.05. The van der Waals surface area contributed by atoms with Crippen LogP contribution in [-0.2, 0) is 11.3 Å². The predicted octanol–water partition coefficient (Wildman–Crippen LogP) is 4.83. The molecule has 1 aromatic heterocycles. The molecule has 0 bridgehead atoms. The van der Waals surface area contributed by atoms with Crippen LogP contribution in [-0.4, -0.2) is 23.4 Å². The highest BCUT2D eigenvalue weighted by molar-refractivity contribution is 5.98. The van der Waals surface area contributed by atoms with Gasteiger partial charge in [-0.1, -0.05) is 54.6 Å². The van der Waals surface area contributed by atoms with Crippen LogP contribution >= 0.6 is 0 Å². The summed E-state index contributed by atoms with van der Waals surface area (Å²) in [6.07, 6.45) is 5.42. The summed E-state index contributed by atoms with van der Waals surface area (Å²) in [6.45, 7) is 2.79. The topological polar surface area (TPSA) is 69.6 Å². The molecule has 5 heteroatoms. The minimum absolute atomic E-state index is 0.327. The zero-order valence-corrected chi connectivity index (χ0v) is 16.8. The van der Waals surface area contributed by atoms with Crippen LogP contribution in [0.15, 0.2) is 84.2 Å². The fraction of sp³-hybridized carbons (Fsp3) is 0.120. The fourth-order valence-corrected chi connectivity index (χ4v) is 3.62. The summed E-state index contributed by atoms with van der Waals surface area (Å²) in [5.74, 6) is 4.96. The van der Waals surface area contributed by atoms with Crippen LogP contribution in [0.5, 0.6) is 0 Å². The number of nitrogens with two attached hydrogens (primary N) is 1. The monoisotopic (exact) mass is 397 g/mol. The lowest BCUT2D eigenvalue weighted by atomic mass is 10.0. The van der Waals surface area contributed by atoms with E-state index in [0.717, 1.165) is 22.3 Å². The summed E-state index contributed by atoms with van der Waals surface area (Å²) in [5, 5.41) is 6.00. The van der Waals surface area contributed by atoms with E-state index in [-0.39, 0.29) is 5.97 Å². The predicted molar refractivity (Wildman–Crippen MR) is 121 cm³/mol. The van der Waals surface area contributed by atoms with Crippen molar-refractivity contribution in [3.63, 3.8) is 0 Å². The van der Waals surface area contributed by atoms with Gasteiger partial charge in [-0.15, -0.1) is 0 Å². The Hall–Kier alpha value is -3.86. The third kappa shape index (κ3) is 4.10. The van der Waals surface area contributed by atoms with E-state index in [1.54, 1.807) is 6.21 Å². The van der Waals surface area contributed by atoms with Crippen LogP contribution < -0.4 is 5.84 Å². The summed E-state index contributed by atoms with van der Waals surface area (Å²) in [5.41, 5.74) is 4.30. The Morgan fingerprint density at radius 1 is 1.03 bits per heavy atom. The van der Waals surface area contributed by atoms with Gasteiger partial charge >= 0.3 is 5.97 Å². The molecule has 0 aliphatic carbocycles. The molecule has 0 unspecified atom stereocenters. The molecule has 0 aliphatic heterocycles. The smallest absolute Gasteiger partial charge is 0.340 e. The zero-order valence-electron chi connectivity index (χ0n) is 16.8. The van der Waals surface area contributed by atoms with Crippen molar-refractivity contribution in [1.29, 1.82) is 0 Å². The van der Waals surface area contributed by atoms with E-state index < -0.39 is 0 Å². The molecule has 30 heavy (non-hydrogen) atoms. The van der Waals surface area contributed by atoms with Crippen molar-refractivity contribution < 1.29 is 9.53 Å². The molecule has 5 nitrogen and oxygen atoms in total. The second-order valence-electron chi connectivity index (χ2n) is 7.06. The van der Waals surface area contributed by atoms with Crippen molar-refractivity contribution in [1.82, 2.24) is 4.57 Å². The standard InChI is InChI=1S/C25H23N3O2/c1-2-30-25(29)24-17-28(15-19-10-11-20-7-3-4-8-21(20)13-19)16-23(24)22-9-5-6-18(12-22)14-27-26/h3-14,16-17H,2,15,26H2,1H3. The van der Waals surface area contributed by atoms with Gasteiger partial charge in [0.25, 0.3) is 0 Å². The molecule has 150 valence electrons. The van der Waals surface area contributed by atoms with Gasteiger partial charge in [-0.05, 0) is 46.5 Å². The van der Waals surface area contributed by atoms with Gasteiger partial charge in [-0.25, -0.2) is 4.79 Å². The largest absolute Gasteiger partial charge is 0.462 e. The van der Waals surface area contributed by atoms with Crippen LogP contribution in [0.2, 0.25) is 0 Å². The molecular weight excluding hydrogens is 374 g/mol. The van der Waals surface area contributed by atoms with Gasteiger partial charge in [0, 0.05) is 24.5 Å². The molecular formula is C25H23N3O2. The summed E-state index contributed by atoms with van der Waals surface area (Å²) in [6, 6.07) is 22.4. The highest BCUT2D eigenvalue weighted by Crippen LogP contribution is 2.27. The second-order valence-corrected chi connectivity index (χ2v) is 7.06. The summed E-state index contributed by atoms with van der Waals surface area (Å²) in [7, 11) is 0. The van der Waals surface area contributed by atoms with Crippen LogP contribution in [0.1, 0.15) is 28.4 Å². The van der Waals surface area contributed by atoms with Crippen LogP contribution in [0.3, 0.4) is 0 Å². The average Bonchev–Trinajstić information content (AvgIpc) is 3.18. The van der Waals surface area contributed by atoms with Crippen molar-refractivity contribution in [3.05, 3.63) is 95.8 Å². The van der Waals surface area contributed by atoms with Crippen LogP contribution in [0, 0.1) is 0 Å². The Labute approximate surface area is 175 Å². The van der Waals surface area contributed by atoms with Crippen LogP contribution in [0.4, 0.5) is 0 Å². The number of esters is 1. The third-order valence-electron chi connectivity index (χ3n) is 4.98. The highest BCUT2D eigenvalue weighted by atomic mass is 16.5. The van der Waals surface area contributed by atoms with Gasteiger partial charge in [0.1, 0.15) is 0 Å². The number of hydrogen-bond acceptors (Lipinski definition) is 4. The number of benzene rings is 3. The van der Waals surface area contributed by atoms with Gasteiger partial charge in [-0.3, -0.25) is 0 Å². The molecule has 0 atom stereocenters. The van der Waals surface area contributed by atoms with Crippen LogP contribution in [0.25, 0.3) is 21.9 Å². The number of hydrogen-bond donors (Lipinski definition) is 1. The summed E-state index contributed by atoms with van der Waals surface area (Å²) >= 11 is 0. The average molecular weight is 397 g/mol. The van der Waals surface area contributed by atoms with Gasteiger partial charge in [0.05, 0.1) is 18.4 Å². The van der Waals surface area contributed by atoms with E-state index in [9.17, 15) is 4.79 Å². The Bertz CT molecular complexity index is 1220. The maximum Gasteiger partial charge on any atom is 0.340 e. The van der Waals surface area contributed by atoms with E-state index >= 15 is 0 Å². The van der Waals surface area contributed by atoms with Crippen molar-refractivity contribution in [2.45, 2.75) is 13.5 Å². The second kappa shape index (κ2) is 8.66. The Morgan fingerprint density at radius 3 is 2.67 bits per heavy atom. The van der Waals surface area contributed by atoms with E-state index in [4.69, 9.17) is 10.6 Å². The van der Waals surface area contributed by atoms with Gasteiger partial charge in [-0.2, -0.15) is 5.10 Å². The normalized spacial score (nSPS) is 11.2. The summed E-state index contributed by atoms with van der Waals surface area (Å²) < 4.78 is 7.31. The molecule has 0 saturated heterocycles. The highest BCUT2D eigenvalue weighted by Gasteiger charge is 2.17. The molecule has 0 spiro atoms. The molecule has 3 aromatic carbocycles. The van der Waals surface area contributed by atoms with Crippen molar-refractivity contribution in [3.8, 4) is 11.1 Å². The molecule has 0 saturated carbocycles. The van der Waals surface area contributed by atoms with E-state index in [0.29, 0.717) is 18.7 Å². The number of fused-ring (bicyclic) bond motifs is 1. The number of hydrazone groups is 1. The number of rotatable bonds is 6. The SMILES string of the molecule is CCOC(=O)c1cn(Cc2ccc3ccccc3c2)cc1-c1cccc(C=NN)c1. The molecule has 4 aromatic rings. The van der Waals surface area contributed by atoms with Gasteiger partial charge in [0.15, 0.2) is 0 Å². The summed E-state index contributed by atoms with van der Waals surface area (Å²) in [4.78, 5) is 12.6. The fourth-order valence-electron chi connectivity index (χ4n) is 3.62. The minimum atomic E-state index is -0.331. The zero-order chi connectivity index (χ0) is 20.9. The third-order valence-corrected chi connectivity index (χ3v) is 4.98. The lowest BCUT2D eigenvalue weighted by Crippen LogP contribution is -2.05. The molecule has 1 heterocycles. The molecule has 0 fully saturated rings. The maximum atomic E-state index is 12.6. The molecule has 0 aliphatic rings. The molecule has 4 rings (SSSR count). The van der Waals surface area contributed by atoms with Crippen molar-refractivity contribution >= 4 is 23.0 Å². The molecule has 2 N–H and O–H groups in total. The first-order valence-electron chi connectivity index (χ1n) is 9.86. The number of aromatic nitrogens is 1. The van der Waals surface area contributed by atoms with Gasteiger partial charge < -0.3 is 15.1 Å². The number of carbonyl (C=O) groups is 1. The lowest BCUT2D eigenvalue weighted by molar-refractivity contribution is 0.0527. The van der Waals surface area contributed by atoms with Crippen molar-refractivity contribution in [2.75, 3.05) is 6.61 Å². The van der Waals surface area contributed by atoms with Gasteiger partial charge in [0.2, 0.25) is 0 Å². The maximum absolute atomic E-state index is 12.6. The molecule has 0 radical (unpaired) electrons. The molecule has 0 amide bonds. The minimum Gasteiger partial charge on any atom is -0.462 e. The van der Waals surface area contributed by atoms with E-state index in [2.05, 4.69) is 35.4 Å². The van der Waals surface area contributed by atoms with Crippen molar-refractivity contribution in [2.24, 2.45) is 10.9 Å². The Balaban J connectivity index is 1.72. The van der Waals surface area contributed by atoms with E-state index in [1.807, 2.05) is 60.3 Å². The number of carbonyl (C=O) groups excluding carboxylic acids is 1. The Kier molecular flexibility index (Phi) is 5.61. The first-order chi connectivity index (χ1) is 14.7. The Morgan fingerprint density at radius 2 is 1.87 bits per heavy atom. The quantitative estimate of drug-likeness (QED) is 0.219. The first-order valence-corrected chi connectivity index (χ1v) is 9.86.